The topological polar surface area (TPSA) is 38.1 Å². The molecule has 19 heavy (non-hydrogen) atoms. The number of nitrogens with one attached hydrogen (secondary N) is 1. The highest BCUT2D eigenvalue weighted by Crippen LogP contribution is 2.26. The lowest BCUT2D eigenvalue weighted by Gasteiger charge is -2.00. The number of hydrogen-bond acceptors (Lipinski definition) is 3. The van der Waals surface area contributed by atoms with E-state index in [2.05, 4.69) is 51.9 Å². The maximum atomic E-state index is 5.80. The molecule has 0 saturated heterocycles. The molecule has 0 fully saturated rings. The molecule has 0 aliphatic carbocycles. The highest BCUT2D eigenvalue weighted by Gasteiger charge is 2.08. The number of halogens is 1. The first-order valence-corrected chi connectivity index (χ1v) is 7.24. The zero-order valence-electron chi connectivity index (χ0n) is 10.5. The maximum Gasteiger partial charge on any atom is 0.227 e. The molecule has 0 aliphatic heterocycles. The van der Waals surface area contributed by atoms with E-state index in [0.29, 0.717) is 5.89 Å². The number of oxazole rings is 1. The van der Waals surface area contributed by atoms with Crippen molar-refractivity contribution in [1.29, 1.82) is 0 Å². The van der Waals surface area contributed by atoms with Crippen LogP contribution in [0.25, 0.3) is 22.6 Å². The Bertz CT molecular complexity index is 721. The average molecular weight is 364 g/mol. The van der Waals surface area contributed by atoms with Gasteiger partial charge in [0.2, 0.25) is 5.89 Å². The second-order valence-corrected chi connectivity index (χ2v) is 5.49. The van der Waals surface area contributed by atoms with E-state index >= 15 is 0 Å². The van der Waals surface area contributed by atoms with Gasteiger partial charge in [0.15, 0.2) is 5.58 Å². The summed E-state index contributed by atoms with van der Waals surface area (Å²) in [5.41, 5.74) is 3.77. The van der Waals surface area contributed by atoms with Crippen LogP contribution in [0.1, 0.15) is 6.92 Å². The third-order valence-corrected chi connectivity index (χ3v) is 3.51. The smallest absolute Gasteiger partial charge is 0.227 e. The van der Waals surface area contributed by atoms with Gasteiger partial charge in [-0.25, -0.2) is 4.98 Å². The Morgan fingerprint density at radius 2 is 2.11 bits per heavy atom. The molecule has 0 saturated carbocycles. The SMILES string of the molecule is CCNc1ccc2oc(-c3cccc(I)c3)nc2c1. The molecule has 96 valence electrons. The molecule has 0 amide bonds. The average Bonchev–Trinajstić information content (AvgIpc) is 2.82. The third-order valence-electron chi connectivity index (χ3n) is 2.84. The Labute approximate surface area is 125 Å². The van der Waals surface area contributed by atoms with Crippen LogP contribution in [0.2, 0.25) is 0 Å². The Balaban J connectivity index is 2.06. The summed E-state index contributed by atoms with van der Waals surface area (Å²) in [5.74, 6) is 0.669. The number of benzene rings is 2. The molecule has 2 aromatic carbocycles. The first-order chi connectivity index (χ1) is 9.26. The highest BCUT2D eigenvalue weighted by atomic mass is 127. The van der Waals surface area contributed by atoms with Crippen LogP contribution < -0.4 is 5.32 Å². The zero-order valence-corrected chi connectivity index (χ0v) is 12.6. The maximum absolute atomic E-state index is 5.80. The molecule has 0 bridgehead atoms. The lowest BCUT2D eigenvalue weighted by molar-refractivity contribution is 0.620. The quantitative estimate of drug-likeness (QED) is 0.694. The van der Waals surface area contributed by atoms with Crippen LogP contribution in [0.15, 0.2) is 46.9 Å². The van der Waals surface area contributed by atoms with Gasteiger partial charge < -0.3 is 9.73 Å². The zero-order chi connectivity index (χ0) is 13.2. The summed E-state index contributed by atoms with van der Waals surface area (Å²) in [7, 11) is 0. The second kappa shape index (κ2) is 5.21. The number of nitrogens with zero attached hydrogens (tertiary/aromatic N) is 1. The van der Waals surface area contributed by atoms with E-state index in [1.807, 2.05) is 30.3 Å². The largest absolute Gasteiger partial charge is 0.436 e. The lowest BCUT2D eigenvalue weighted by atomic mass is 10.2. The minimum atomic E-state index is 0.669. The fourth-order valence-corrected chi connectivity index (χ4v) is 2.53. The predicted octanol–water partition coefficient (Wildman–Crippen LogP) is 4.53. The molecule has 4 heteroatoms. The van der Waals surface area contributed by atoms with Gasteiger partial charge in [0, 0.05) is 21.4 Å². The summed E-state index contributed by atoms with van der Waals surface area (Å²) in [6.07, 6.45) is 0. The molecule has 3 nitrogen and oxygen atoms in total. The summed E-state index contributed by atoms with van der Waals surface area (Å²) in [6.45, 7) is 2.97. The first kappa shape index (κ1) is 12.5. The summed E-state index contributed by atoms with van der Waals surface area (Å²) < 4.78 is 6.97. The monoisotopic (exact) mass is 364 g/mol. The van der Waals surface area contributed by atoms with Gasteiger partial charge in [-0.15, -0.1) is 0 Å². The molecular formula is C15H13IN2O. The van der Waals surface area contributed by atoms with Crippen molar-refractivity contribution >= 4 is 39.4 Å². The third kappa shape index (κ3) is 2.58. The highest BCUT2D eigenvalue weighted by molar-refractivity contribution is 14.1. The molecule has 0 radical (unpaired) electrons. The van der Waals surface area contributed by atoms with Gasteiger partial charge >= 0.3 is 0 Å². The first-order valence-electron chi connectivity index (χ1n) is 6.16. The fraction of sp³-hybridized carbons (Fsp3) is 0.133. The van der Waals surface area contributed by atoms with Gasteiger partial charge in [-0.05, 0) is 65.9 Å². The van der Waals surface area contributed by atoms with Gasteiger partial charge in [-0.1, -0.05) is 6.07 Å². The molecule has 0 unspecified atom stereocenters. The van der Waals surface area contributed by atoms with Crippen LogP contribution in [0.4, 0.5) is 5.69 Å². The van der Waals surface area contributed by atoms with Crippen LogP contribution >= 0.6 is 22.6 Å². The van der Waals surface area contributed by atoms with E-state index in [9.17, 15) is 0 Å². The van der Waals surface area contributed by atoms with Gasteiger partial charge in [0.1, 0.15) is 5.52 Å². The van der Waals surface area contributed by atoms with Gasteiger partial charge in [0.05, 0.1) is 0 Å². The van der Waals surface area contributed by atoms with E-state index < -0.39 is 0 Å². The van der Waals surface area contributed by atoms with Crippen molar-refractivity contribution in [1.82, 2.24) is 4.98 Å². The van der Waals surface area contributed by atoms with E-state index in [-0.39, 0.29) is 0 Å². The fourth-order valence-electron chi connectivity index (χ4n) is 1.99. The van der Waals surface area contributed by atoms with Crippen LogP contribution in [0.3, 0.4) is 0 Å². The summed E-state index contributed by atoms with van der Waals surface area (Å²) in [4.78, 5) is 4.56. The molecule has 1 heterocycles. The lowest BCUT2D eigenvalue weighted by Crippen LogP contribution is -1.95. The molecule has 3 aromatic rings. The second-order valence-electron chi connectivity index (χ2n) is 4.24. The van der Waals surface area contributed by atoms with Crippen molar-refractivity contribution in [3.8, 4) is 11.5 Å². The van der Waals surface area contributed by atoms with Crippen LogP contribution in [-0.4, -0.2) is 11.5 Å². The van der Waals surface area contributed by atoms with E-state index in [0.717, 1.165) is 28.9 Å². The Hall–Kier alpha value is -1.56. The molecule has 1 N–H and O–H groups in total. The summed E-state index contributed by atoms with van der Waals surface area (Å²) in [6, 6.07) is 14.1. The Kier molecular flexibility index (Phi) is 3.42. The predicted molar refractivity (Wildman–Crippen MR) is 86.3 cm³/mol. The normalized spacial score (nSPS) is 10.8. The van der Waals surface area contributed by atoms with Crippen molar-refractivity contribution in [2.75, 3.05) is 11.9 Å². The Morgan fingerprint density at radius 1 is 1.21 bits per heavy atom. The molecule has 1 aromatic heterocycles. The van der Waals surface area contributed by atoms with Crippen molar-refractivity contribution in [3.05, 3.63) is 46.0 Å². The number of rotatable bonds is 3. The van der Waals surface area contributed by atoms with Crippen LogP contribution in [-0.2, 0) is 0 Å². The minimum absolute atomic E-state index is 0.669. The molecule has 3 rings (SSSR count). The van der Waals surface area contributed by atoms with Crippen LogP contribution in [0, 0.1) is 3.57 Å². The number of hydrogen-bond donors (Lipinski definition) is 1. The van der Waals surface area contributed by atoms with Crippen molar-refractivity contribution < 1.29 is 4.42 Å². The van der Waals surface area contributed by atoms with Gasteiger partial charge in [-0.3, -0.25) is 0 Å². The summed E-state index contributed by atoms with van der Waals surface area (Å²) in [5, 5.41) is 3.27. The van der Waals surface area contributed by atoms with E-state index in [1.165, 1.54) is 3.57 Å². The van der Waals surface area contributed by atoms with Gasteiger partial charge in [-0.2, -0.15) is 0 Å². The summed E-state index contributed by atoms with van der Waals surface area (Å²) >= 11 is 2.29. The standard InChI is InChI=1S/C15H13IN2O/c1-2-17-12-6-7-14-13(9-12)18-15(19-14)10-4-3-5-11(16)8-10/h3-9,17H,2H2,1H3. The molecule has 0 aliphatic rings. The van der Waals surface area contributed by atoms with Gasteiger partial charge in [0.25, 0.3) is 0 Å². The van der Waals surface area contributed by atoms with Crippen molar-refractivity contribution in [2.45, 2.75) is 6.92 Å². The minimum Gasteiger partial charge on any atom is -0.436 e. The molecule has 0 spiro atoms. The van der Waals surface area contributed by atoms with Crippen molar-refractivity contribution in [2.24, 2.45) is 0 Å². The molecular weight excluding hydrogens is 351 g/mol. The van der Waals surface area contributed by atoms with E-state index in [4.69, 9.17) is 4.42 Å². The number of fused-ring (bicyclic) bond motifs is 1. The number of aromatic nitrogens is 1. The van der Waals surface area contributed by atoms with Crippen LogP contribution in [0.5, 0.6) is 0 Å². The number of anilines is 1. The molecule has 0 atom stereocenters. The van der Waals surface area contributed by atoms with Crippen molar-refractivity contribution in [3.63, 3.8) is 0 Å². The van der Waals surface area contributed by atoms with E-state index in [1.54, 1.807) is 0 Å². The Morgan fingerprint density at radius 3 is 2.89 bits per heavy atom.